The number of benzene rings is 2. The molecule has 0 fully saturated rings. The summed E-state index contributed by atoms with van der Waals surface area (Å²) in [6.45, 7) is 2.62. The molecule has 0 spiro atoms. The van der Waals surface area contributed by atoms with E-state index in [1.54, 1.807) is 0 Å². The average Bonchev–Trinajstić information content (AvgIpc) is 2.39. The van der Waals surface area contributed by atoms with E-state index in [1.165, 1.54) is 0 Å². The predicted octanol–water partition coefficient (Wildman–Crippen LogP) is 4.03. The number of rotatable bonds is 5. The van der Waals surface area contributed by atoms with E-state index in [9.17, 15) is 0 Å². The minimum absolute atomic E-state index is 0.644. The molecule has 0 saturated carbocycles. The van der Waals surface area contributed by atoms with E-state index >= 15 is 0 Å². The van der Waals surface area contributed by atoms with Crippen LogP contribution in [0.5, 0.6) is 5.75 Å². The molecule has 0 saturated heterocycles. The topological polar surface area (TPSA) is 21.3 Å². The molecular weight excluding hydrogens is 210 g/mol. The van der Waals surface area contributed by atoms with Gasteiger partial charge in [0.1, 0.15) is 5.75 Å². The summed E-state index contributed by atoms with van der Waals surface area (Å²) in [6, 6.07) is 18.1. The van der Waals surface area contributed by atoms with Crippen LogP contribution in [0.25, 0.3) is 0 Å². The molecule has 0 bridgehead atoms. The van der Waals surface area contributed by atoms with Gasteiger partial charge < -0.3 is 10.1 Å². The van der Waals surface area contributed by atoms with E-state index < -0.39 is 0 Å². The van der Waals surface area contributed by atoms with Gasteiger partial charge in [0.25, 0.3) is 0 Å². The van der Waals surface area contributed by atoms with Crippen LogP contribution >= 0.6 is 0 Å². The lowest BCUT2D eigenvalue weighted by atomic mass is 10.2. The molecule has 0 atom stereocenters. The third-order valence-corrected chi connectivity index (χ3v) is 2.33. The first-order valence-electron chi connectivity index (χ1n) is 5.71. The normalized spacial score (nSPS) is 9.94. The molecule has 2 rings (SSSR count). The molecule has 0 aliphatic rings. The number of hydrogen-bond acceptors (Lipinski definition) is 2. The van der Waals surface area contributed by atoms with Gasteiger partial charge in [-0.1, -0.05) is 25.1 Å². The Labute approximate surface area is 102 Å². The van der Waals surface area contributed by atoms with E-state index in [4.69, 9.17) is 4.74 Å². The van der Waals surface area contributed by atoms with Crippen LogP contribution in [0.3, 0.4) is 0 Å². The number of nitrogens with one attached hydrogen (secondary N) is 1. The maximum Gasteiger partial charge on any atom is 0.119 e. The molecule has 0 amide bonds. The van der Waals surface area contributed by atoms with Gasteiger partial charge in [-0.3, -0.25) is 0 Å². The van der Waals surface area contributed by atoms with Gasteiger partial charge in [-0.05, 0) is 42.8 Å². The molecule has 0 unspecified atom stereocenters. The van der Waals surface area contributed by atoms with Gasteiger partial charge in [-0.2, -0.15) is 0 Å². The summed E-state index contributed by atoms with van der Waals surface area (Å²) in [7, 11) is 0. The number of anilines is 2. The highest BCUT2D eigenvalue weighted by atomic mass is 16.5. The Balaban J connectivity index is 1.98. The summed E-state index contributed by atoms with van der Waals surface area (Å²) in [6.07, 6.45) is 1.98. The first-order valence-corrected chi connectivity index (χ1v) is 5.71. The summed E-state index contributed by atoms with van der Waals surface area (Å²) < 4.78 is 5.48. The Morgan fingerprint density at radius 1 is 0.941 bits per heavy atom. The maximum absolute atomic E-state index is 5.48. The second kappa shape index (κ2) is 5.94. The van der Waals surface area contributed by atoms with E-state index in [0.29, 0.717) is 6.61 Å². The highest BCUT2D eigenvalue weighted by molar-refractivity contribution is 5.59. The Bertz CT molecular complexity index is 436. The van der Waals surface area contributed by atoms with E-state index in [2.05, 4.69) is 5.32 Å². The van der Waals surface area contributed by atoms with Crippen LogP contribution in [-0.4, -0.2) is 6.61 Å². The summed E-state index contributed by atoms with van der Waals surface area (Å²) in [5.41, 5.74) is 2.15. The molecule has 0 heterocycles. The predicted molar refractivity (Wildman–Crippen MR) is 71.6 cm³/mol. The molecule has 2 nitrogen and oxygen atoms in total. The van der Waals surface area contributed by atoms with Gasteiger partial charge in [-0.25, -0.2) is 0 Å². The Morgan fingerprint density at radius 2 is 1.59 bits per heavy atom. The fourth-order valence-electron chi connectivity index (χ4n) is 1.50. The van der Waals surface area contributed by atoms with Gasteiger partial charge in [-0.15, -0.1) is 0 Å². The third kappa shape index (κ3) is 3.52. The molecule has 2 aromatic rings. The zero-order valence-corrected chi connectivity index (χ0v) is 9.89. The Morgan fingerprint density at radius 3 is 2.24 bits per heavy atom. The van der Waals surface area contributed by atoms with Gasteiger partial charge in [0.15, 0.2) is 0 Å². The van der Waals surface area contributed by atoms with Crippen LogP contribution in [0.2, 0.25) is 0 Å². The summed E-state index contributed by atoms with van der Waals surface area (Å²) in [4.78, 5) is 0. The van der Waals surface area contributed by atoms with E-state index in [1.807, 2.05) is 67.9 Å². The molecule has 0 aliphatic heterocycles. The molecule has 2 aromatic carbocycles. The quantitative estimate of drug-likeness (QED) is 0.831. The van der Waals surface area contributed by atoms with Gasteiger partial charge in [0, 0.05) is 11.4 Å². The molecule has 2 heteroatoms. The zero-order chi connectivity index (χ0) is 11.9. The van der Waals surface area contributed by atoms with Crippen molar-refractivity contribution in [2.24, 2.45) is 0 Å². The molecule has 1 radical (unpaired) electrons. The highest BCUT2D eigenvalue weighted by Crippen LogP contribution is 2.19. The summed E-state index contributed by atoms with van der Waals surface area (Å²) in [5, 5.41) is 3.32. The summed E-state index contributed by atoms with van der Waals surface area (Å²) >= 11 is 0. The molecular formula is C15H16NO. The van der Waals surface area contributed by atoms with Crippen molar-refractivity contribution in [3.8, 4) is 5.75 Å². The fourth-order valence-corrected chi connectivity index (χ4v) is 1.50. The van der Waals surface area contributed by atoms with E-state index in [0.717, 1.165) is 17.1 Å². The van der Waals surface area contributed by atoms with Crippen molar-refractivity contribution < 1.29 is 4.74 Å². The Hall–Kier alpha value is -1.96. The molecule has 1 N–H and O–H groups in total. The minimum atomic E-state index is 0.644. The van der Waals surface area contributed by atoms with E-state index in [-0.39, 0.29) is 0 Å². The number of ether oxygens (including phenoxy) is 1. The SMILES string of the molecule is C[CH]COc1ccc(Nc2ccccc2)cc1. The molecule has 0 aliphatic carbocycles. The third-order valence-electron chi connectivity index (χ3n) is 2.33. The fraction of sp³-hybridized carbons (Fsp3) is 0.133. The van der Waals surface area contributed by atoms with Crippen LogP contribution in [0.15, 0.2) is 54.6 Å². The second-order valence-electron chi connectivity index (χ2n) is 3.73. The van der Waals surface area contributed by atoms with Crippen molar-refractivity contribution in [3.05, 3.63) is 61.0 Å². The number of hydrogen-bond donors (Lipinski definition) is 1. The second-order valence-corrected chi connectivity index (χ2v) is 3.73. The Kier molecular flexibility index (Phi) is 4.03. The first kappa shape index (κ1) is 11.5. The molecule has 17 heavy (non-hydrogen) atoms. The van der Waals surface area contributed by atoms with Crippen molar-refractivity contribution in [2.45, 2.75) is 6.92 Å². The van der Waals surface area contributed by atoms with Crippen molar-refractivity contribution in [1.29, 1.82) is 0 Å². The smallest absolute Gasteiger partial charge is 0.119 e. The molecule has 87 valence electrons. The zero-order valence-electron chi connectivity index (χ0n) is 9.89. The van der Waals surface area contributed by atoms with Crippen molar-refractivity contribution in [3.63, 3.8) is 0 Å². The van der Waals surface area contributed by atoms with Gasteiger partial charge in [0.2, 0.25) is 0 Å². The van der Waals surface area contributed by atoms with Crippen LogP contribution < -0.4 is 10.1 Å². The van der Waals surface area contributed by atoms with Crippen LogP contribution in [0.1, 0.15) is 6.92 Å². The maximum atomic E-state index is 5.48. The monoisotopic (exact) mass is 226 g/mol. The lowest BCUT2D eigenvalue weighted by Gasteiger charge is -2.08. The largest absolute Gasteiger partial charge is 0.493 e. The van der Waals surface area contributed by atoms with Crippen molar-refractivity contribution >= 4 is 11.4 Å². The standard InChI is InChI=1S/C15H16NO/c1-2-12-17-15-10-8-14(9-11-15)16-13-6-4-3-5-7-13/h2-11,16H,12H2,1H3. The average molecular weight is 226 g/mol. The van der Waals surface area contributed by atoms with Crippen LogP contribution in [0.4, 0.5) is 11.4 Å². The summed E-state index contributed by atoms with van der Waals surface area (Å²) in [5.74, 6) is 0.890. The highest BCUT2D eigenvalue weighted by Gasteiger charge is 1.95. The van der Waals surface area contributed by atoms with Crippen LogP contribution in [-0.2, 0) is 0 Å². The lowest BCUT2D eigenvalue weighted by molar-refractivity contribution is 0.349. The first-order chi connectivity index (χ1) is 8.38. The van der Waals surface area contributed by atoms with Crippen LogP contribution in [0, 0.1) is 6.42 Å². The minimum Gasteiger partial charge on any atom is -0.493 e. The number of para-hydroxylation sites is 1. The lowest BCUT2D eigenvalue weighted by Crippen LogP contribution is -1.95. The molecule has 0 aromatic heterocycles. The van der Waals surface area contributed by atoms with Gasteiger partial charge >= 0.3 is 0 Å². The van der Waals surface area contributed by atoms with Crippen molar-refractivity contribution in [2.75, 3.05) is 11.9 Å². The van der Waals surface area contributed by atoms with Gasteiger partial charge in [0.05, 0.1) is 6.61 Å². The van der Waals surface area contributed by atoms with Crippen molar-refractivity contribution in [1.82, 2.24) is 0 Å².